The van der Waals surface area contributed by atoms with Crippen LogP contribution in [0.2, 0.25) is 0 Å². The largest absolute Gasteiger partial charge is 0.573 e. The third-order valence-corrected chi connectivity index (χ3v) is 2.22. The fourth-order valence-corrected chi connectivity index (χ4v) is 1.48. The standard InChI is InChI=1S/C11H11F4NO4/c1-19-5-8(16-10(17)18)6-2-3-9(7(12)4-6)20-11(13,14)15/h2-4,8,16H,5H2,1H3,(H,17,18)/t8-/m1/s1. The molecule has 20 heavy (non-hydrogen) atoms. The van der Waals surface area contributed by atoms with Gasteiger partial charge in [-0.05, 0) is 17.7 Å². The van der Waals surface area contributed by atoms with Crippen molar-refractivity contribution in [2.24, 2.45) is 0 Å². The first-order chi connectivity index (χ1) is 9.23. The lowest BCUT2D eigenvalue weighted by atomic mass is 10.1. The number of hydrogen-bond donors (Lipinski definition) is 2. The first-order valence-electron chi connectivity index (χ1n) is 5.26. The van der Waals surface area contributed by atoms with Crippen molar-refractivity contribution in [2.45, 2.75) is 12.4 Å². The number of nitrogens with one attached hydrogen (secondary N) is 1. The second-order valence-electron chi connectivity index (χ2n) is 3.70. The Bertz CT molecular complexity index is 478. The summed E-state index contributed by atoms with van der Waals surface area (Å²) in [5.74, 6) is -2.25. The van der Waals surface area contributed by atoms with E-state index in [9.17, 15) is 22.4 Å². The zero-order valence-electron chi connectivity index (χ0n) is 10.2. The number of carbonyl (C=O) groups is 1. The highest BCUT2D eigenvalue weighted by Crippen LogP contribution is 2.27. The van der Waals surface area contributed by atoms with Crippen LogP contribution in [-0.4, -0.2) is 31.3 Å². The van der Waals surface area contributed by atoms with Gasteiger partial charge in [-0.1, -0.05) is 6.07 Å². The van der Waals surface area contributed by atoms with Crippen LogP contribution in [0.3, 0.4) is 0 Å². The van der Waals surface area contributed by atoms with Crippen LogP contribution in [0.15, 0.2) is 18.2 Å². The van der Waals surface area contributed by atoms with Gasteiger partial charge in [0.05, 0.1) is 12.6 Å². The summed E-state index contributed by atoms with van der Waals surface area (Å²) in [7, 11) is 1.30. The second kappa shape index (κ2) is 6.42. The van der Waals surface area contributed by atoms with Gasteiger partial charge in [-0.25, -0.2) is 9.18 Å². The molecule has 0 aliphatic rings. The van der Waals surface area contributed by atoms with E-state index in [-0.39, 0.29) is 12.2 Å². The van der Waals surface area contributed by atoms with Crippen molar-refractivity contribution in [3.8, 4) is 5.75 Å². The predicted molar refractivity (Wildman–Crippen MR) is 58.9 cm³/mol. The SMILES string of the molecule is COC[C@@H](NC(=O)O)c1ccc(OC(F)(F)F)c(F)c1. The van der Waals surface area contributed by atoms with Gasteiger partial charge < -0.3 is 19.9 Å². The molecule has 0 aliphatic heterocycles. The first-order valence-corrected chi connectivity index (χ1v) is 5.26. The van der Waals surface area contributed by atoms with Crippen LogP contribution < -0.4 is 10.1 Å². The van der Waals surface area contributed by atoms with E-state index >= 15 is 0 Å². The van der Waals surface area contributed by atoms with Crippen molar-refractivity contribution in [2.75, 3.05) is 13.7 Å². The Labute approximate surface area is 111 Å². The van der Waals surface area contributed by atoms with E-state index in [1.54, 1.807) is 0 Å². The highest BCUT2D eigenvalue weighted by Gasteiger charge is 2.32. The summed E-state index contributed by atoms with van der Waals surface area (Å²) in [5.41, 5.74) is 0.112. The Hall–Kier alpha value is -2.03. The quantitative estimate of drug-likeness (QED) is 0.820. The maximum atomic E-state index is 13.5. The number of ether oxygens (including phenoxy) is 2. The summed E-state index contributed by atoms with van der Waals surface area (Å²) in [6.07, 6.45) is -6.38. The van der Waals surface area contributed by atoms with Crippen LogP contribution >= 0.6 is 0 Å². The second-order valence-corrected chi connectivity index (χ2v) is 3.70. The molecule has 0 radical (unpaired) electrons. The molecular formula is C11H11F4NO4. The van der Waals surface area contributed by atoms with Gasteiger partial charge in [-0.15, -0.1) is 13.2 Å². The van der Waals surface area contributed by atoms with E-state index in [1.807, 2.05) is 0 Å². The zero-order chi connectivity index (χ0) is 15.3. The van der Waals surface area contributed by atoms with Crippen LogP contribution in [0.5, 0.6) is 5.75 Å². The van der Waals surface area contributed by atoms with E-state index in [2.05, 4.69) is 10.1 Å². The summed E-state index contributed by atoms with van der Waals surface area (Å²) in [6.45, 7) is -0.106. The van der Waals surface area contributed by atoms with Gasteiger partial charge in [0.1, 0.15) is 0 Å². The smallest absolute Gasteiger partial charge is 0.465 e. The van der Waals surface area contributed by atoms with Crippen molar-refractivity contribution in [3.05, 3.63) is 29.6 Å². The molecule has 2 N–H and O–H groups in total. The topological polar surface area (TPSA) is 67.8 Å². The van der Waals surface area contributed by atoms with Crippen molar-refractivity contribution in [3.63, 3.8) is 0 Å². The van der Waals surface area contributed by atoms with Crippen LogP contribution in [0.25, 0.3) is 0 Å². The maximum Gasteiger partial charge on any atom is 0.573 e. The van der Waals surface area contributed by atoms with Crippen LogP contribution in [0, 0.1) is 5.82 Å². The van der Waals surface area contributed by atoms with Gasteiger partial charge >= 0.3 is 12.5 Å². The summed E-state index contributed by atoms with van der Waals surface area (Å²) >= 11 is 0. The van der Waals surface area contributed by atoms with E-state index < -0.39 is 30.1 Å². The Kier molecular flexibility index (Phi) is 5.14. The van der Waals surface area contributed by atoms with E-state index in [1.165, 1.54) is 7.11 Å². The van der Waals surface area contributed by atoms with Crippen LogP contribution in [-0.2, 0) is 4.74 Å². The van der Waals surface area contributed by atoms with E-state index in [0.29, 0.717) is 0 Å². The van der Waals surface area contributed by atoms with Gasteiger partial charge in [0.15, 0.2) is 11.6 Å². The third-order valence-electron chi connectivity index (χ3n) is 2.22. The van der Waals surface area contributed by atoms with Gasteiger partial charge in [-0.2, -0.15) is 0 Å². The predicted octanol–water partition coefficient (Wildman–Crippen LogP) is 2.68. The van der Waals surface area contributed by atoms with Crippen LogP contribution in [0.1, 0.15) is 11.6 Å². The number of hydrogen-bond acceptors (Lipinski definition) is 3. The number of alkyl halides is 3. The average Bonchev–Trinajstić information content (AvgIpc) is 2.29. The molecule has 0 saturated heterocycles. The zero-order valence-corrected chi connectivity index (χ0v) is 10.2. The fraction of sp³-hybridized carbons (Fsp3) is 0.364. The number of methoxy groups -OCH3 is 1. The number of amides is 1. The lowest BCUT2D eigenvalue weighted by molar-refractivity contribution is -0.275. The van der Waals surface area contributed by atoms with Gasteiger partial charge in [-0.3, -0.25) is 0 Å². The number of carboxylic acid groups (broad SMARTS) is 1. The monoisotopic (exact) mass is 297 g/mol. The summed E-state index contributed by atoms with van der Waals surface area (Å²) in [5, 5.41) is 10.7. The first kappa shape index (κ1) is 16.0. The molecule has 112 valence electrons. The minimum Gasteiger partial charge on any atom is -0.465 e. The molecule has 0 spiro atoms. The van der Waals surface area contributed by atoms with Crippen LogP contribution in [0.4, 0.5) is 22.4 Å². The molecule has 0 bridgehead atoms. The van der Waals surface area contributed by atoms with Crippen molar-refractivity contribution in [1.82, 2.24) is 5.32 Å². The fourth-order valence-electron chi connectivity index (χ4n) is 1.48. The minimum atomic E-state index is -5.01. The number of halogens is 4. The lowest BCUT2D eigenvalue weighted by Crippen LogP contribution is -2.30. The molecule has 1 aromatic rings. The Morgan fingerprint density at radius 3 is 2.55 bits per heavy atom. The number of rotatable bonds is 5. The van der Waals surface area contributed by atoms with Gasteiger partial charge in [0.2, 0.25) is 0 Å². The molecule has 1 atom stereocenters. The highest BCUT2D eigenvalue weighted by molar-refractivity contribution is 5.65. The molecule has 5 nitrogen and oxygen atoms in total. The maximum absolute atomic E-state index is 13.5. The Morgan fingerprint density at radius 1 is 1.45 bits per heavy atom. The molecule has 0 heterocycles. The molecular weight excluding hydrogens is 286 g/mol. The van der Waals surface area contributed by atoms with Gasteiger partial charge in [0.25, 0.3) is 0 Å². The third kappa shape index (κ3) is 4.92. The molecule has 0 unspecified atom stereocenters. The molecule has 0 saturated carbocycles. The normalized spacial score (nSPS) is 12.8. The molecule has 0 aromatic heterocycles. The highest BCUT2D eigenvalue weighted by atomic mass is 19.4. The Morgan fingerprint density at radius 2 is 2.10 bits per heavy atom. The van der Waals surface area contributed by atoms with E-state index in [0.717, 1.165) is 18.2 Å². The molecule has 0 aliphatic carbocycles. The number of benzene rings is 1. The molecule has 1 aromatic carbocycles. The molecule has 9 heteroatoms. The summed E-state index contributed by atoms with van der Waals surface area (Å²) in [4.78, 5) is 10.6. The molecule has 1 rings (SSSR count). The molecule has 1 amide bonds. The minimum absolute atomic E-state index is 0.106. The van der Waals surface area contributed by atoms with Crippen molar-refractivity contribution >= 4 is 6.09 Å². The van der Waals surface area contributed by atoms with Gasteiger partial charge in [0, 0.05) is 7.11 Å². The van der Waals surface area contributed by atoms with E-state index in [4.69, 9.17) is 9.84 Å². The van der Waals surface area contributed by atoms with Crippen molar-refractivity contribution < 1.29 is 36.9 Å². The summed E-state index contributed by atoms with van der Waals surface area (Å²) < 4.78 is 57.6. The summed E-state index contributed by atoms with van der Waals surface area (Å²) in [6, 6.07) is 1.72. The Balaban J connectivity index is 2.96. The molecule has 0 fully saturated rings. The lowest BCUT2D eigenvalue weighted by Gasteiger charge is -2.17. The van der Waals surface area contributed by atoms with Crippen molar-refractivity contribution in [1.29, 1.82) is 0 Å². The average molecular weight is 297 g/mol.